The fraction of sp³-hybridized carbons (Fsp3) is 0.0909. The van der Waals surface area contributed by atoms with Crippen LogP contribution in [0.25, 0.3) is 10.8 Å². The molecule has 0 spiro atoms. The van der Waals surface area contributed by atoms with E-state index in [0.717, 1.165) is 4.47 Å². The largest absolute Gasteiger partial charge is 0.463 e. The van der Waals surface area contributed by atoms with Gasteiger partial charge >= 0.3 is 11.6 Å². The summed E-state index contributed by atoms with van der Waals surface area (Å²) in [6.07, 6.45) is 0. The lowest BCUT2D eigenvalue weighted by atomic mass is 10.2. The lowest BCUT2D eigenvalue weighted by molar-refractivity contribution is 0.0560. The lowest BCUT2D eigenvalue weighted by Gasteiger charge is -2.00. The van der Waals surface area contributed by atoms with Crippen molar-refractivity contribution in [1.82, 2.24) is 0 Å². The van der Waals surface area contributed by atoms with Gasteiger partial charge in [0.05, 0.1) is 12.5 Å². The second kappa shape index (κ2) is 4.09. The molecular formula is C11H7BrO4. The number of hydrogen-bond acceptors (Lipinski definition) is 4. The van der Waals surface area contributed by atoms with Crippen molar-refractivity contribution >= 4 is 32.7 Å². The van der Waals surface area contributed by atoms with E-state index in [-0.39, 0.29) is 5.76 Å². The van der Waals surface area contributed by atoms with Gasteiger partial charge in [-0.05, 0) is 29.7 Å². The van der Waals surface area contributed by atoms with Gasteiger partial charge in [-0.3, -0.25) is 0 Å². The number of hydrogen-bond donors (Lipinski definition) is 0. The van der Waals surface area contributed by atoms with Crippen molar-refractivity contribution in [1.29, 1.82) is 0 Å². The summed E-state index contributed by atoms with van der Waals surface area (Å²) in [5.74, 6) is -0.767. The predicted octanol–water partition coefficient (Wildman–Crippen LogP) is 2.34. The molecule has 2 rings (SSSR count). The minimum Gasteiger partial charge on any atom is -0.463 e. The molecule has 0 radical (unpaired) electrons. The molecular weight excluding hydrogens is 276 g/mol. The van der Waals surface area contributed by atoms with Crippen LogP contribution >= 0.6 is 15.9 Å². The molecule has 0 amide bonds. The molecule has 0 saturated carbocycles. The molecule has 1 heterocycles. The number of fused-ring (bicyclic) bond motifs is 1. The Morgan fingerprint density at radius 1 is 1.38 bits per heavy atom. The summed E-state index contributed by atoms with van der Waals surface area (Å²) in [6, 6.07) is 6.58. The lowest BCUT2D eigenvalue weighted by Crippen LogP contribution is -2.08. The molecule has 1 aromatic carbocycles. The molecule has 2 aromatic rings. The SMILES string of the molecule is COC(=O)c1cc2cc(Br)ccc2c(=O)o1. The number of ether oxygens (including phenoxy) is 1. The molecule has 16 heavy (non-hydrogen) atoms. The third kappa shape index (κ3) is 1.86. The van der Waals surface area contributed by atoms with E-state index in [2.05, 4.69) is 20.7 Å². The Bertz CT molecular complexity index is 615. The summed E-state index contributed by atoms with van der Waals surface area (Å²) < 4.78 is 10.1. The van der Waals surface area contributed by atoms with Crippen LogP contribution in [0, 0.1) is 0 Å². The van der Waals surface area contributed by atoms with E-state index >= 15 is 0 Å². The molecule has 0 aliphatic carbocycles. The molecule has 0 aliphatic heterocycles. The number of carbonyl (C=O) groups excluding carboxylic acids is 1. The average molecular weight is 283 g/mol. The maximum atomic E-state index is 11.5. The van der Waals surface area contributed by atoms with Gasteiger partial charge in [0, 0.05) is 4.47 Å². The predicted molar refractivity (Wildman–Crippen MR) is 61.5 cm³/mol. The van der Waals surface area contributed by atoms with Crippen molar-refractivity contribution in [3.05, 3.63) is 44.9 Å². The first kappa shape index (κ1) is 10.9. The van der Waals surface area contributed by atoms with Gasteiger partial charge in [0.2, 0.25) is 5.76 Å². The second-order valence-corrected chi connectivity index (χ2v) is 4.04. The number of benzene rings is 1. The Hall–Kier alpha value is -1.62. The minimum absolute atomic E-state index is 0.0990. The molecule has 4 nitrogen and oxygen atoms in total. The van der Waals surface area contributed by atoms with E-state index in [1.807, 2.05) is 0 Å². The number of esters is 1. The Morgan fingerprint density at radius 3 is 2.81 bits per heavy atom. The Kier molecular flexibility index (Phi) is 2.78. The summed E-state index contributed by atoms with van der Waals surface area (Å²) in [6.45, 7) is 0. The molecule has 82 valence electrons. The summed E-state index contributed by atoms with van der Waals surface area (Å²) in [4.78, 5) is 22.8. The van der Waals surface area contributed by atoms with Gasteiger partial charge in [-0.25, -0.2) is 9.59 Å². The van der Waals surface area contributed by atoms with Crippen molar-refractivity contribution in [2.75, 3.05) is 7.11 Å². The zero-order valence-corrected chi connectivity index (χ0v) is 9.91. The van der Waals surface area contributed by atoms with Crippen molar-refractivity contribution in [2.45, 2.75) is 0 Å². The third-order valence-electron chi connectivity index (χ3n) is 2.11. The van der Waals surface area contributed by atoms with Crippen molar-refractivity contribution in [2.24, 2.45) is 0 Å². The highest BCUT2D eigenvalue weighted by molar-refractivity contribution is 9.10. The zero-order valence-electron chi connectivity index (χ0n) is 8.32. The first-order valence-corrected chi connectivity index (χ1v) is 5.23. The fourth-order valence-corrected chi connectivity index (χ4v) is 1.74. The van der Waals surface area contributed by atoms with Crippen LogP contribution in [-0.2, 0) is 4.74 Å². The van der Waals surface area contributed by atoms with E-state index in [4.69, 9.17) is 4.42 Å². The molecule has 0 atom stereocenters. The summed E-state index contributed by atoms with van der Waals surface area (Å²) >= 11 is 3.29. The third-order valence-corrected chi connectivity index (χ3v) is 2.60. The topological polar surface area (TPSA) is 56.5 Å². The van der Waals surface area contributed by atoms with E-state index < -0.39 is 11.6 Å². The number of carbonyl (C=O) groups is 1. The molecule has 0 bridgehead atoms. The summed E-state index contributed by atoms with van der Waals surface area (Å²) in [5.41, 5.74) is -0.551. The van der Waals surface area contributed by atoms with Crippen LogP contribution in [-0.4, -0.2) is 13.1 Å². The number of methoxy groups -OCH3 is 1. The highest BCUT2D eigenvalue weighted by Gasteiger charge is 2.12. The van der Waals surface area contributed by atoms with Gasteiger partial charge in [0.25, 0.3) is 0 Å². The van der Waals surface area contributed by atoms with Gasteiger partial charge in [0.15, 0.2) is 0 Å². The van der Waals surface area contributed by atoms with Gasteiger partial charge in [-0.2, -0.15) is 0 Å². The first-order valence-electron chi connectivity index (χ1n) is 4.43. The van der Waals surface area contributed by atoms with E-state index in [1.54, 1.807) is 18.2 Å². The Balaban J connectivity index is 2.75. The smallest absolute Gasteiger partial charge is 0.374 e. The highest BCUT2D eigenvalue weighted by atomic mass is 79.9. The quantitative estimate of drug-likeness (QED) is 0.754. The molecule has 0 aliphatic rings. The Labute approximate surface area is 99.0 Å². The molecule has 0 N–H and O–H groups in total. The van der Waals surface area contributed by atoms with Crippen LogP contribution in [0.3, 0.4) is 0 Å². The maximum absolute atomic E-state index is 11.5. The second-order valence-electron chi connectivity index (χ2n) is 3.12. The van der Waals surface area contributed by atoms with E-state index in [9.17, 15) is 9.59 Å². The standard InChI is InChI=1S/C11H7BrO4/c1-15-11(14)9-5-6-4-7(12)2-3-8(6)10(13)16-9/h2-5H,1H3. The van der Waals surface area contributed by atoms with Crippen LogP contribution < -0.4 is 5.63 Å². The maximum Gasteiger partial charge on any atom is 0.374 e. The Morgan fingerprint density at radius 2 is 2.12 bits per heavy atom. The molecule has 0 saturated heterocycles. The van der Waals surface area contributed by atoms with Gasteiger partial charge < -0.3 is 9.15 Å². The van der Waals surface area contributed by atoms with Gasteiger partial charge in [-0.15, -0.1) is 0 Å². The van der Waals surface area contributed by atoms with Gasteiger partial charge in [0.1, 0.15) is 0 Å². The fourth-order valence-electron chi connectivity index (χ4n) is 1.37. The minimum atomic E-state index is -0.668. The molecule has 0 fully saturated rings. The van der Waals surface area contributed by atoms with Crippen LogP contribution in [0.2, 0.25) is 0 Å². The van der Waals surface area contributed by atoms with Crippen LogP contribution in [0.4, 0.5) is 0 Å². The first-order chi connectivity index (χ1) is 7.61. The summed E-state index contributed by atoms with van der Waals surface area (Å²) in [7, 11) is 1.23. The van der Waals surface area contributed by atoms with E-state index in [1.165, 1.54) is 13.2 Å². The molecule has 1 aromatic heterocycles. The van der Waals surface area contributed by atoms with Crippen LogP contribution in [0.15, 0.2) is 37.9 Å². The highest BCUT2D eigenvalue weighted by Crippen LogP contribution is 2.18. The van der Waals surface area contributed by atoms with E-state index in [0.29, 0.717) is 10.8 Å². The monoisotopic (exact) mass is 282 g/mol. The molecule has 5 heteroatoms. The van der Waals surface area contributed by atoms with Crippen LogP contribution in [0.5, 0.6) is 0 Å². The average Bonchev–Trinajstić information content (AvgIpc) is 2.27. The summed E-state index contributed by atoms with van der Waals surface area (Å²) in [5, 5.41) is 1.06. The number of halogens is 1. The van der Waals surface area contributed by atoms with Crippen molar-refractivity contribution in [3.8, 4) is 0 Å². The van der Waals surface area contributed by atoms with Crippen molar-refractivity contribution in [3.63, 3.8) is 0 Å². The van der Waals surface area contributed by atoms with Crippen LogP contribution in [0.1, 0.15) is 10.6 Å². The normalized spacial score (nSPS) is 10.4. The van der Waals surface area contributed by atoms with Gasteiger partial charge in [-0.1, -0.05) is 15.9 Å². The zero-order chi connectivity index (χ0) is 11.7. The number of rotatable bonds is 1. The molecule has 0 unspecified atom stereocenters. The van der Waals surface area contributed by atoms with Crippen molar-refractivity contribution < 1.29 is 13.9 Å².